The molecule has 0 amide bonds. The zero-order valence-electron chi connectivity index (χ0n) is 13.4. The molecule has 4 rings (SSSR count). The number of halogens is 2. The number of fused-ring (bicyclic) bond motifs is 1. The van der Waals surface area contributed by atoms with Gasteiger partial charge in [0, 0.05) is 10.4 Å². The fourth-order valence-corrected chi connectivity index (χ4v) is 4.09. The first kappa shape index (κ1) is 16.9. The molecule has 1 N–H and O–H groups in total. The van der Waals surface area contributed by atoms with Crippen LogP contribution in [0.5, 0.6) is 0 Å². The molecule has 0 fully saturated rings. The molecule has 2 aromatic carbocycles. The van der Waals surface area contributed by atoms with E-state index in [-0.39, 0.29) is 11.4 Å². The van der Waals surface area contributed by atoms with Crippen molar-refractivity contribution in [2.24, 2.45) is 0 Å². The van der Waals surface area contributed by atoms with Gasteiger partial charge >= 0.3 is 0 Å². The molecule has 130 valence electrons. The predicted octanol–water partition coefficient (Wildman–Crippen LogP) is 4.77. The second kappa shape index (κ2) is 7.01. The van der Waals surface area contributed by atoms with E-state index in [0.29, 0.717) is 28.8 Å². The zero-order chi connectivity index (χ0) is 18.1. The molecule has 26 heavy (non-hydrogen) atoms. The van der Waals surface area contributed by atoms with Gasteiger partial charge in [0.1, 0.15) is 5.82 Å². The third-order valence-electron chi connectivity index (χ3n) is 3.92. The van der Waals surface area contributed by atoms with Crippen LogP contribution in [0.4, 0.5) is 4.39 Å². The third kappa shape index (κ3) is 3.27. The maximum absolute atomic E-state index is 13.3. The van der Waals surface area contributed by atoms with Crippen molar-refractivity contribution < 1.29 is 4.39 Å². The number of thiophene rings is 1. The van der Waals surface area contributed by atoms with Crippen LogP contribution < -0.4 is 11.0 Å². The summed E-state index contributed by atoms with van der Waals surface area (Å²) in [5.74, 6) is 0.115. The lowest BCUT2D eigenvalue weighted by Gasteiger charge is -2.15. The number of para-hydroxylation sites is 1. The highest BCUT2D eigenvalue weighted by molar-refractivity contribution is 9.11. The van der Waals surface area contributed by atoms with E-state index < -0.39 is 0 Å². The fourth-order valence-electron chi connectivity index (χ4n) is 2.68. The summed E-state index contributed by atoms with van der Waals surface area (Å²) in [7, 11) is 0. The number of hydrogen-bond donors (Lipinski definition) is 1. The summed E-state index contributed by atoms with van der Waals surface area (Å²) in [4.78, 5) is 18.7. The molecule has 0 aliphatic heterocycles. The van der Waals surface area contributed by atoms with Gasteiger partial charge in [-0.1, -0.05) is 12.1 Å². The molecule has 4 aromatic rings. The van der Waals surface area contributed by atoms with Crippen LogP contribution in [0.1, 0.15) is 4.88 Å². The summed E-state index contributed by atoms with van der Waals surface area (Å²) in [6, 6.07) is 17.1. The van der Waals surface area contributed by atoms with E-state index in [1.165, 1.54) is 16.8 Å². The lowest BCUT2D eigenvalue weighted by Crippen LogP contribution is -2.31. The van der Waals surface area contributed by atoms with Crippen LogP contribution >= 0.6 is 27.3 Å². The first-order valence-electron chi connectivity index (χ1n) is 7.87. The highest BCUT2D eigenvalue weighted by atomic mass is 79.9. The Hall–Kier alpha value is -2.51. The number of nitrogens with one attached hydrogen (secondary N) is 1. The molecule has 2 aromatic heterocycles. The Morgan fingerprint density at radius 1 is 1.08 bits per heavy atom. The molecule has 0 aliphatic rings. The zero-order valence-corrected chi connectivity index (χ0v) is 15.8. The van der Waals surface area contributed by atoms with Crippen molar-refractivity contribution in [1.29, 1.82) is 0 Å². The molecule has 0 saturated heterocycles. The minimum Gasteiger partial charge on any atom is -0.316 e. The third-order valence-corrected chi connectivity index (χ3v) is 5.54. The smallest absolute Gasteiger partial charge is 0.280 e. The Balaban J connectivity index is 1.84. The van der Waals surface area contributed by atoms with Crippen molar-refractivity contribution in [3.05, 3.63) is 85.5 Å². The Kier molecular flexibility index (Phi) is 4.57. The SMILES string of the molecule is O=c1c2ccccc2nc(-c2ccc(F)cc2)n1NCc1ccc(Br)s1. The number of hydrogen-bond acceptors (Lipinski definition) is 4. The van der Waals surface area contributed by atoms with E-state index in [2.05, 4.69) is 26.3 Å². The van der Waals surface area contributed by atoms with Gasteiger partial charge in [-0.2, -0.15) is 0 Å². The van der Waals surface area contributed by atoms with E-state index in [1.54, 1.807) is 35.6 Å². The lowest BCUT2D eigenvalue weighted by molar-refractivity contribution is 0.628. The number of nitrogens with zero attached hydrogens (tertiary/aromatic N) is 2. The molecular weight excluding hydrogens is 417 g/mol. The van der Waals surface area contributed by atoms with E-state index in [9.17, 15) is 9.18 Å². The second-order valence-electron chi connectivity index (χ2n) is 5.64. The average molecular weight is 430 g/mol. The van der Waals surface area contributed by atoms with Crippen molar-refractivity contribution in [1.82, 2.24) is 9.66 Å². The van der Waals surface area contributed by atoms with Gasteiger partial charge in [0.2, 0.25) is 0 Å². The van der Waals surface area contributed by atoms with Gasteiger partial charge < -0.3 is 5.43 Å². The summed E-state index contributed by atoms with van der Waals surface area (Å²) in [6.45, 7) is 0.477. The van der Waals surface area contributed by atoms with Crippen LogP contribution in [0.15, 0.2) is 69.2 Å². The van der Waals surface area contributed by atoms with Crippen LogP contribution in [-0.2, 0) is 6.54 Å². The fraction of sp³-hybridized carbons (Fsp3) is 0.0526. The molecule has 0 spiro atoms. The van der Waals surface area contributed by atoms with E-state index in [0.717, 1.165) is 8.66 Å². The van der Waals surface area contributed by atoms with Crippen LogP contribution in [0, 0.1) is 5.82 Å². The largest absolute Gasteiger partial charge is 0.316 e. The standard InChI is InChI=1S/C19H13BrFN3OS/c20-17-10-9-14(26-17)11-22-24-18(12-5-7-13(21)8-6-12)23-16-4-2-1-3-15(16)19(24)25/h1-10,22H,11H2. The topological polar surface area (TPSA) is 46.9 Å². The van der Waals surface area contributed by atoms with Gasteiger partial charge in [0.25, 0.3) is 5.56 Å². The van der Waals surface area contributed by atoms with E-state index >= 15 is 0 Å². The molecule has 2 heterocycles. The maximum atomic E-state index is 13.3. The van der Waals surface area contributed by atoms with Gasteiger partial charge in [0.15, 0.2) is 5.82 Å². The molecule has 0 unspecified atom stereocenters. The Bertz CT molecular complexity index is 1140. The molecule has 7 heteroatoms. The van der Waals surface area contributed by atoms with Gasteiger partial charge in [-0.3, -0.25) is 4.79 Å². The first-order chi connectivity index (χ1) is 12.6. The molecule has 4 nitrogen and oxygen atoms in total. The Morgan fingerprint density at radius 3 is 2.58 bits per heavy atom. The minimum atomic E-state index is -0.333. The molecule has 0 aliphatic carbocycles. The molecular formula is C19H13BrFN3OS. The minimum absolute atomic E-state index is 0.189. The summed E-state index contributed by atoms with van der Waals surface area (Å²) >= 11 is 5.03. The second-order valence-corrected chi connectivity index (χ2v) is 8.19. The van der Waals surface area contributed by atoms with Crippen molar-refractivity contribution in [3.8, 4) is 11.4 Å². The lowest BCUT2D eigenvalue weighted by atomic mass is 10.2. The van der Waals surface area contributed by atoms with Gasteiger partial charge in [-0.25, -0.2) is 14.1 Å². The van der Waals surface area contributed by atoms with Crippen LogP contribution in [0.25, 0.3) is 22.3 Å². The normalized spacial score (nSPS) is 11.0. The quantitative estimate of drug-likeness (QED) is 0.508. The van der Waals surface area contributed by atoms with Gasteiger partial charge in [-0.05, 0) is 64.5 Å². The van der Waals surface area contributed by atoms with E-state index in [1.807, 2.05) is 24.3 Å². The Morgan fingerprint density at radius 2 is 1.85 bits per heavy atom. The van der Waals surface area contributed by atoms with E-state index in [4.69, 9.17) is 0 Å². The van der Waals surface area contributed by atoms with Gasteiger partial charge in [0.05, 0.1) is 21.2 Å². The number of aromatic nitrogens is 2. The highest BCUT2D eigenvalue weighted by Crippen LogP contribution is 2.23. The molecule has 0 atom stereocenters. The van der Waals surface area contributed by atoms with Crippen LogP contribution in [-0.4, -0.2) is 9.66 Å². The molecule has 0 bridgehead atoms. The summed E-state index contributed by atoms with van der Waals surface area (Å²) in [5, 5.41) is 0.526. The monoisotopic (exact) mass is 429 g/mol. The van der Waals surface area contributed by atoms with Crippen molar-refractivity contribution in [2.75, 3.05) is 5.43 Å². The summed E-state index contributed by atoms with van der Waals surface area (Å²) in [6.07, 6.45) is 0. The number of benzene rings is 2. The van der Waals surface area contributed by atoms with Crippen LogP contribution in [0.3, 0.4) is 0 Å². The van der Waals surface area contributed by atoms with Crippen LogP contribution in [0.2, 0.25) is 0 Å². The number of rotatable bonds is 4. The van der Waals surface area contributed by atoms with Crippen molar-refractivity contribution >= 4 is 38.2 Å². The average Bonchev–Trinajstić information content (AvgIpc) is 3.07. The van der Waals surface area contributed by atoms with Crippen molar-refractivity contribution in [3.63, 3.8) is 0 Å². The van der Waals surface area contributed by atoms with Gasteiger partial charge in [-0.15, -0.1) is 11.3 Å². The molecule has 0 radical (unpaired) electrons. The summed E-state index contributed by atoms with van der Waals surface area (Å²) in [5.41, 5.74) is 4.23. The van der Waals surface area contributed by atoms with Crippen molar-refractivity contribution in [2.45, 2.75) is 6.54 Å². The predicted molar refractivity (Wildman–Crippen MR) is 106 cm³/mol. The molecule has 0 saturated carbocycles. The maximum Gasteiger partial charge on any atom is 0.280 e. The summed E-state index contributed by atoms with van der Waals surface area (Å²) < 4.78 is 15.8. The first-order valence-corrected chi connectivity index (χ1v) is 9.48. The highest BCUT2D eigenvalue weighted by Gasteiger charge is 2.13. The Labute approximate surface area is 161 Å².